The highest BCUT2D eigenvalue weighted by molar-refractivity contribution is 6.32. The zero-order valence-corrected chi connectivity index (χ0v) is 15.0. The molecule has 1 unspecified atom stereocenters. The van der Waals surface area contributed by atoms with Crippen LogP contribution in [-0.4, -0.2) is 28.2 Å². The highest BCUT2D eigenvalue weighted by Crippen LogP contribution is 2.32. The van der Waals surface area contributed by atoms with E-state index in [1.54, 1.807) is 6.20 Å². The molecule has 0 radical (unpaired) electrons. The topological polar surface area (TPSA) is 47.0 Å². The number of halogens is 1. The monoisotopic (exact) mass is 353 g/mol. The van der Waals surface area contributed by atoms with Gasteiger partial charge in [-0.25, -0.2) is 4.98 Å². The summed E-state index contributed by atoms with van der Waals surface area (Å²) in [6.45, 7) is 4.88. The van der Waals surface area contributed by atoms with Gasteiger partial charge in [0, 0.05) is 29.4 Å². The largest absolute Gasteiger partial charge is 0.475 e. The van der Waals surface area contributed by atoms with Gasteiger partial charge < -0.3 is 10.1 Å². The number of ether oxygens (including phenoxy) is 1. The van der Waals surface area contributed by atoms with E-state index in [4.69, 9.17) is 16.3 Å². The highest BCUT2D eigenvalue weighted by atomic mass is 35.5. The summed E-state index contributed by atoms with van der Waals surface area (Å²) < 4.78 is 5.85. The Hall–Kier alpha value is -2.17. The Labute approximate surface area is 152 Å². The number of pyridine rings is 2. The molecule has 1 aromatic carbocycles. The number of rotatable bonds is 4. The minimum atomic E-state index is 0.00436. The van der Waals surface area contributed by atoms with Gasteiger partial charge in [0.2, 0.25) is 5.88 Å². The predicted octanol–water partition coefficient (Wildman–Crippen LogP) is 4.47. The van der Waals surface area contributed by atoms with Crippen LogP contribution < -0.4 is 10.1 Å². The van der Waals surface area contributed by atoms with E-state index >= 15 is 0 Å². The zero-order chi connectivity index (χ0) is 17.4. The molecular weight excluding hydrogens is 334 g/mol. The van der Waals surface area contributed by atoms with Crippen LogP contribution in [0, 0.1) is 0 Å². The molecule has 0 aliphatic carbocycles. The van der Waals surface area contributed by atoms with Crippen molar-refractivity contribution in [2.45, 2.75) is 31.8 Å². The van der Waals surface area contributed by atoms with Crippen molar-refractivity contribution >= 4 is 22.5 Å². The Morgan fingerprint density at radius 1 is 1.28 bits per heavy atom. The Bertz CT molecular complexity index is 916. The van der Waals surface area contributed by atoms with Crippen LogP contribution in [0.2, 0.25) is 5.02 Å². The molecule has 1 fully saturated rings. The number of aromatic nitrogens is 2. The normalized spacial score (nSPS) is 22.6. The van der Waals surface area contributed by atoms with E-state index in [2.05, 4.69) is 35.2 Å². The summed E-state index contributed by atoms with van der Waals surface area (Å²) in [5.74, 6) is 0.478. The lowest BCUT2D eigenvalue weighted by Crippen LogP contribution is -2.63. The van der Waals surface area contributed by atoms with E-state index in [9.17, 15) is 0 Å². The van der Waals surface area contributed by atoms with E-state index in [1.165, 1.54) is 0 Å². The molecule has 0 amide bonds. The van der Waals surface area contributed by atoms with Gasteiger partial charge in [0.1, 0.15) is 11.6 Å². The SMILES string of the molecule is CC1C[C@@](C)(COc2ncc(-c3ccnc4ccccc34)cc2Cl)N1. The molecule has 2 aromatic heterocycles. The molecule has 4 rings (SSSR count). The van der Waals surface area contributed by atoms with E-state index < -0.39 is 0 Å². The van der Waals surface area contributed by atoms with Gasteiger partial charge in [-0.05, 0) is 44.0 Å². The van der Waals surface area contributed by atoms with Crippen molar-refractivity contribution in [2.75, 3.05) is 6.61 Å². The van der Waals surface area contributed by atoms with Crippen LogP contribution in [0.4, 0.5) is 0 Å². The fourth-order valence-electron chi connectivity index (χ4n) is 3.60. The third-order valence-electron chi connectivity index (χ3n) is 4.65. The Balaban J connectivity index is 1.59. The first kappa shape index (κ1) is 16.3. The highest BCUT2D eigenvalue weighted by Gasteiger charge is 2.37. The molecule has 1 aliphatic rings. The third-order valence-corrected chi connectivity index (χ3v) is 4.92. The summed E-state index contributed by atoms with van der Waals surface area (Å²) in [4.78, 5) is 8.84. The smallest absolute Gasteiger partial charge is 0.232 e. The fourth-order valence-corrected chi connectivity index (χ4v) is 3.83. The third kappa shape index (κ3) is 3.20. The lowest BCUT2D eigenvalue weighted by atomic mass is 9.85. The Kier molecular flexibility index (Phi) is 4.10. The first-order valence-corrected chi connectivity index (χ1v) is 8.82. The molecule has 1 aliphatic heterocycles. The maximum absolute atomic E-state index is 6.43. The molecule has 2 atom stereocenters. The van der Waals surface area contributed by atoms with E-state index in [0.717, 1.165) is 28.5 Å². The molecule has 4 nitrogen and oxygen atoms in total. The summed E-state index contributed by atoms with van der Waals surface area (Å²) in [6, 6.07) is 12.5. The van der Waals surface area contributed by atoms with E-state index in [0.29, 0.717) is 23.6 Å². The van der Waals surface area contributed by atoms with Gasteiger partial charge in [-0.2, -0.15) is 0 Å². The summed E-state index contributed by atoms with van der Waals surface area (Å²) in [5.41, 5.74) is 2.98. The van der Waals surface area contributed by atoms with Gasteiger partial charge in [-0.3, -0.25) is 4.98 Å². The predicted molar refractivity (Wildman–Crippen MR) is 101 cm³/mol. The van der Waals surface area contributed by atoms with Crippen molar-refractivity contribution in [2.24, 2.45) is 0 Å². The van der Waals surface area contributed by atoms with Crippen LogP contribution in [0.1, 0.15) is 20.3 Å². The average Bonchev–Trinajstić information content (AvgIpc) is 2.59. The number of nitrogens with zero attached hydrogens (tertiary/aromatic N) is 2. The van der Waals surface area contributed by atoms with Crippen LogP contribution in [0.5, 0.6) is 5.88 Å². The van der Waals surface area contributed by atoms with Gasteiger partial charge in [0.15, 0.2) is 0 Å². The molecule has 0 bridgehead atoms. The average molecular weight is 354 g/mol. The maximum Gasteiger partial charge on any atom is 0.232 e. The molecule has 0 spiro atoms. The number of para-hydroxylation sites is 1. The summed E-state index contributed by atoms with van der Waals surface area (Å²) in [6.07, 6.45) is 4.70. The number of hydrogen-bond acceptors (Lipinski definition) is 4. The van der Waals surface area contributed by atoms with Crippen molar-refractivity contribution in [3.63, 3.8) is 0 Å². The number of benzene rings is 1. The van der Waals surface area contributed by atoms with E-state index in [1.807, 2.05) is 36.5 Å². The van der Waals surface area contributed by atoms with Crippen LogP contribution in [0.25, 0.3) is 22.0 Å². The van der Waals surface area contributed by atoms with Crippen LogP contribution >= 0.6 is 11.6 Å². The first-order chi connectivity index (χ1) is 12.0. The second kappa shape index (κ2) is 6.28. The molecule has 1 N–H and O–H groups in total. The van der Waals surface area contributed by atoms with Crippen molar-refractivity contribution in [3.8, 4) is 17.0 Å². The molecule has 25 heavy (non-hydrogen) atoms. The van der Waals surface area contributed by atoms with Gasteiger partial charge in [-0.1, -0.05) is 29.8 Å². The number of hydrogen-bond donors (Lipinski definition) is 1. The summed E-state index contributed by atoms with van der Waals surface area (Å²) >= 11 is 6.43. The second-order valence-electron chi connectivity index (χ2n) is 6.99. The molecular formula is C20H20ClN3O. The first-order valence-electron chi connectivity index (χ1n) is 8.44. The Morgan fingerprint density at radius 2 is 2.08 bits per heavy atom. The lowest BCUT2D eigenvalue weighted by Gasteiger charge is -2.44. The van der Waals surface area contributed by atoms with Crippen LogP contribution in [-0.2, 0) is 0 Å². The number of fused-ring (bicyclic) bond motifs is 1. The Morgan fingerprint density at radius 3 is 2.84 bits per heavy atom. The zero-order valence-electron chi connectivity index (χ0n) is 14.3. The van der Waals surface area contributed by atoms with Gasteiger partial charge in [0.25, 0.3) is 0 Å². The van der Waals surface area contributed by atoms with E-state index in [-0.39, 0.29) is 5.54 Å². The van der Waals surface area contributed by atoms with Gasteiger partial charge in [-0.15, -0.1) is 0 Å². The van der Waals surface area contributed by atoms with Gasteiger partial charge >= 0.3 is 0 Å². The minimum Gasteiger partial charge on any atom is -0.475 e. The second-order valence-corrected chi connectivity index (χ2v) is 7.39. The molecule has 0 saturated carbocycles. The number of nitrogens with one attached hydrogen (secondary N) is 1. The van der Waals surface area contributed by atoms with Gasteiger partial charge in [0.05, 0.1) is 11.1 Å². The standard InChI is InChI=1S/C20H20ClN3O/c1-13-10-20(2,24-13)12-25-19-17(21)9-14(11-23-19)15-7-8-22-18-6-4-3-5-16(15)18/h3-9,11,13,24H,10,12H2,1-2H3/t13?,20-/m0/s1. The molecule has 128 valence electrons. The summed E-state index contributed by atoms with van der Waals surface area (Å²) in [5, 5.41) is 5.07. The minimum absolute atomic E-state index is 0.00436. The quantitative estimate of drug-likeness (QED) is 0.751. The molecule has 3 aromatic rings. The van der Waals surface area contributed by atoms with Crippen molar-refractivity contribution < 1.29 is 4.74 Å². The van der Waals surface area contributed by atoms with Crippen molar-refractivity contribution in [1.82, 2.24) is 15.3 Å². The summed E-state index contributed by atoms with van der Waals surface area (Å²) in [7, 11) is 0. The van der Waals surface area contributed by atoms with Crippen LogP contribution in [0.3, 0.4) is 0 Å². The molecule has 1 saturated heterocycles. The maximum atomic E-state index is 6.43. The molecule has 3 heterocycles. The van der Waals surface area contributed by atoms with Crippen molar-refractivity contribution in [3.05, 3.63) is 53.8 Å². The lowest BCUT2D eigenvalue weighted by molar-refractivity contribution is 0.0927. The van der Waals surface area contributed by atoms with Crippen molar-refractivity contribution in [1.29, 1.82) is 0 Å². The fraction of sp³-hybridized carbons (Fsp3) is 0.300. The van der Waals surface area contributed by atoms with Crippen LogP contribution in [0.15, 0.2) is 48.8 Å². The molecule has 5 heteroatoms.